The first kappa shape index (κ1) is 17.5. The molecule has 1 aliphatic carbocycles. The smallest absolute Gasteiger partial charge is 0.238 e. The molecule has 0 atom stereocenters. The first-order valence-electron chi connectivity index (χ1n) is 9.32. The molecule has 3 heterocycles. The molecular formula is C20H23N5O2. The second-order valence-electron chi connectivity index (χ2n) is 7.09. The molecule has 0 aromatic carbocycles. The largest absolute Gasteiger partial charge is 0.353 e. The molecule has 1 aliphatic heterocycles. The Morgan fingerprint density at radius 1 is 1.00 bits per heavy atom. The minimum atomic E-state index is -0.861. The molecule has 0 radical (unpaired) electrons. The van der Waals surface area contributed by atoms with Crippen LogP contribution in [-0.4, -0.2) is 52.9 Å². The number of rotatable bonds is 5. The monoisotopic (exact) mass is 365 g/mol. The van der Waals surface area contributed by atoms with Gasteiger partial charge >= 0.3 is 0 Å². The van der Waals surface area contributed by atoms with E-state index in [4.69, 9.17) is 0 Å². The van der Waals surface area contributed by atoms with Crippen LogP contribution in [0.5, 0.6) is 0 Å². The number of pyridine rings is 2. The van der Waals surface area contributed by atoms with Crippen molar-refractivity contribution in [2.24, 2.45) is 5.41 Å². The van der Waals surface area contributed by atoms with E-state index in [2.05, 4.69) is 20.2 Å². The summed E-state index contributed by atoms with van der Waals surface area (Å²) in [4.78, 5) is 38.0. The number of nitrogens with one attached hydrogen (secondary N) is 1. The third-order valence-electron chi connectivity index (χ3n) is 5.34. The minimum Gasteiger partial charge on any atom is -0.353 e. The van der Waals surface area contributed by atoms with Crippen LogP contribution in [0.25, 0.3) is 0 Å². The second kappa shape index (κ2) is 7.34. The maximum atomic E-state index is 13.0. The molecule has 1 saturated heterocycles. The fourth-order valence-corrected chi connectivity index (χ4v) is 3.50. The lowest BCUT2D eigenvalue weighted by molar-refractivity contribution is -0.144. The van der Waals surface area contributed by atoms with Crippen molar-refractivity contribution in [3.05, 3.63) is 54.5 Å². The topological polar surface area (TPSA) is 78.4 Å². The van der Waals surface area contributed by atoms with Crippen molar-refractivity contribution in [2.75, 3.05) is 31.1 Å². The number of carbonyl (C=O) groups is 2. The van der Waals surface area contributed by atoms with Gasteiger partial charge in [-0.3, -0.25) is 14.6 Å². The van der Waals surface area contributed by atoms with E-state index in [1.165, 1.54) is 0 Å². The summed E-state index contributed by atoms with van der Waals surface area (Å²) in [6.45, 7) is 3.13. The molecule has 27 heavy (non-hydrogen) atoms. The molecule has 0 spiro atoms. The van der Waals surface area contributed by atoms with Crippen LogP contribution in [0.15, 0.2) is 48.9 Å². The van der Waals surface area contributed by atoms with Crippen LogP contribution in [0, 0.1) is 5.41 Å². The van der Waals surface area contributed by atoms with Crippen LogP contribution >= 0.6 is 0 Å². The van der Waals surface area contributed by atoms with Gasteiger partial charge in [-0.25, -0.2) is 4.98 Å². The highest BCUT2D eigenvalue weighted by atomic mass is 16.2. The van der Waals surface area contributed by atoms with Gasteiger partial charge in [0, 0.05) is 51.3 Å². The van der Waals surface area contributed by atoms with Crippen LogP contribution in [0.3, 0.4) is 0 Å². The SMILES string of the molecule is O=C(NCc1ccncc1)C1(C(=O)N2CCN(c3ccccn3)CC2)CC1. The van der Waals surface area contributed by atoms with E-state index in [1.54, 1.807) is 18.6 Å². The Morgan fingerprint density at radius 2 is 1.74 bits per heavy atom. The zero-order chi connectivity index (χ0) is 18.7. The van der Waals surface area contributed by atoms with Crippen LogP contribution in [0.2, 0.25) is 0 Å². The number of hydrogen-bond donors (Lipinski definition) is 1. The van der Waals surface area contributed by atoms with E-state index in [0.717, 1.165) is 24.5 Å². The van der Waals surface area contributed by atoms with Gasteiger partial charge in [-0.05, 0) is 42.7 Å². The molecule has 2 amide bonds. The Morgan fingerprint density at radius 3 is 2.37 bits per heavy atom. The van der Waals surface area contributed by atoms with Gasteiger partial charge in [-0.2, -0.15) is 0 Å². The predicted octanol–water partition coefficient (Wildman–Crippen LogP) is 1.22. The van der Waals surface area contributed by atoms with Crippen LogP contribution in [0.4, 0.5) is 5.82 Å². The highest BCUT2D eigenvalue weighted by Gasteiger charge is 2.58. The quantitative estimate of drug-likeness (QED) is 0.806. The molecular weight excluding hydrogens is 342 g/mol. The summed E-state index contributed by atoms with van der Waals surface area (Å²) in [6.07, 6.45) is 6.43. The number of amides is 2. The highest BCUT2D eigenvalue weighted by Crippen LogP contribution is 2.47. The minimum absolute atomic E-state index is 0.0320. The van der Waals surface area contributed by atoms with Crippen LogP contribution < -0.4 is 10.2 Å². The van der Waals surface area contributed by atoms with Crippen molar-refractivity contribution in [1.29, 1.82) is 0 Å². The molecule has 2 aromatic rings. The summed E-state index contributed by atoms with van der Waals surface area (Å²) < 4.78 is 0. The Balaban J connectivity index is 1.33. The van der Waals surface area contributed by atoms with Gasteiger partial charge in [0.1, 0.15) is 11.2 Å². The van der Waals surface area contributed by atoms with E-state index in [1.807, 2.05) is 35.2 Å². The zero-order valence-electron chi connectivity index (χ0n) is 15.2. The molecule has 140 valence electrons. The molecule has 2 aliphatic rings. The summed E-state index contributed by atoms with van der Waals surface area (Å²) in [5, 5.41) is 2.92. The normalized spacial score (nSPS) is 18.1. The number of nitrogens with zero attached hydrogens (tertiary/aromatic N) is 4. The molecule has 7 heteroatoms. The number of anilines is 1. The predicted molar refractivity (Wildman–Crippen MR) is 101 cm³/mol. The molecule has 2 aromatic heterocycles. The van der Waals surface area contributed by atoms with Crippen molar-refractivity contribution < 1.29 is 9.59 Å². The molecule has 4 rings (SSSR count). The number of piperazine rings is 1. The average Bonchev–Trinajstić information content (AvgIpc) is 3.55. The molecule has 2 fully saturated rings. The van der Waals surface area contributed by atoms with Crippen LogP contribution in [-0.2, 0) is 16.1 Å². The molecule has 1 saturated carbocycles. The van der Waals surface area contributed by atoms with Crippen LogP contribution in [0.1, 0.15) is 18.4 Å². The third kappa shape index (κ3) is 3.63. The lowest BCUT2D eigenvalue weighted by Crippen LogP contribution is -2.53. The summed E-state index contributed by atoms with van der Waals surface area (Å²) >= 11 is 0. The van der Waals surface area contributed by atoms with Gasteiger partial charge in [0.05, 0.1) is 0 Å². The fraction of sp³-hybridized carbons (Fsp3) is 0.400. The van der Waals surface area contributed by atoms with E-state index in [-0.39, 0.29) is 11.8 Å². The van der Waals surface area contributed by atoms with E-state index < -0.39 is 5.41 Å². The van der Waals surface area contributed by atoms with Gasteiger partial charge in [-0.1, -0.05) is 6.07 Å². The summed E-state index contributed by atoms with van der Waals surface area (Å²) in [7, 11) is 0. The van der Waals surface area contributed by atoms with E-state index in [0.29, 0.717) is 32.5 Å². The standard InChI is InChI=1S/C20H23N5O2/c26-18(23-15-16-4-9-21-10-5-16)20(6-7-20)19(27)25-13-11-24(12-14-25)17-3-1-2-8-22-17/h1-5,8-10H,6-7,11-15H2,(H,23,26). The van der Waals surface area contributed by atoms with Crippen molar-refractivity contribution in [3.63, 3.8) is 0 Å². The van der Waals surface area contributed by atoms with Gasteiger partial charge in [0.2, 0.25) is 11.8 Å². The fourth-order valence-electron chi connectivity index (χ4n) is 3.50. The van der Waals surface area contributed by atoms with E-state index in [9.17, 15) is 9.59 Å². The number of aromatic nitrogens is 2. The van der Waals surface area contributed by atoms with Gasteiger partial charge < -0.3 is 15.1 Å². The first-order chi connectivity index (χ1) is 13.2. The lowest BCUT2D eigenvalue weighted by atomic mass is 10.0. The maximum absolute atomic E-state index is 13.0. The summed E-state index contributed by atoms with van der Waals surface area (Å²) in [6, 6.07) is 9.56. The Labute approximate surface area is 158 Å². The van der Waals surface area contributed by atoms with Crippen molar-refractivity contribution >= 4 is 17.6 Å². The van der Waals surface area contributed by atoms with Crippen molar-refractivity contribution in [3.8, 4) is 0 Å². The van der Waals surface area contributed by atoms with Crippen molar-refractivity contribution in [2.45, 2.75) is 19.4 Å². The van der Waals surface area contributed by atoms with Gasteiger partial charge in [0.25, 0.3) is 0 Å². The summed E-state index contributed by atoms with van der Waals surface area (Å²) in [5.41, 5.74) is 0.116. The number of carbonyl (C=O) groups excluding carboxylic acids is 2. The molecule has 0 unspecified atom stereocenters. The zero-order valence-corrected chi connectivity index (χ0v) is 15.2. The highest BCUT2D eigenvalue weighted by molar-refractivity contribution is 6.07. The third-order valence-corrected chi connectivity index (χ3v) is 5.34. The Kier molecular flexibility index (Phi) is 4.75. The molecule has 1 N–H and O–H groups in total. The lowest BCUT2D eigenvalue weighted by Gasteiger charge is -2.36. The molecule has 0 bridgehead atoms. The Hall–Kier alpha value is -2.96. The van der Waals surface area contributed by atoms with E-state index >= 15 is 0 Å². The van der Waals surface area contributed by atoms with Gasteiger partial charge in [-0.15, -0.1) is 0 Å². The second-order valence-corrected chi connectivity index (χ2v) is 7.09. The van der Waals surface area contributed by atoms with Gasteiger partial charge in [0.15, 0.2) is 0 Å². The average molecular weight is 365 g/mol. The number of hydrogen-bond acceptors (Lipinski definition) is 5. The molecule has 7 nitrogen and oxygen atoms in total. The maximum Gasteiger partial charge on any atom is 0.238 e. The Bertz CT molecular complexity index is 800. The summed E-state index contributed by atoms with van der Waals surface area (Å²) in [5.74, 6) is 0.743. The van der Waals surface area contributed by atoms with Crippen molar-refractivity contribution in [1.82, 2.24) is 20.2 Å². The first-order valence-corrected chi connectivity index (χ1v) is 9.32.